The van der Waals surface area contributed by atoms with Crippen molar-refractivity contribution in [2.24, 2.45) is 0 Å². The van der Waals surface area contributed by atoms with Gasteiger partial charge in [0.15, 0.2) is 24.8 Å². The number of halogens is 2. The standard InChI is InChI=1S/C22H32Br2N2/c1-19-11-15-25(17-21(19)23)13-9-7-5-3-4-6-8-10-14-26-16-12-20(2)22(24)18-26/h11-12,15-18H,3-10,13-14H2,1-2H3/q+2. The van der Waals surface area contributed by atoms with E-state index in [2.05, 4.69) is 91.8 Å². The van der Waals surface area contributed by atoms with Gasteiger partial charge in [-0.1, -0.05) is 25.7 Å². The first kappa shape index (κ1) is 21.6. The van der Waals surface area contributed by atoms with Crippen molar-refractivity contribution in [2.45, 2.75) is 78.3 Å². The number of aryl methyl sites for hydroxylation is 4. The normalized spacial score (nSPS) is 11.1. The van der Waals surface area contributed by atoms with Gasteiger partial charge in [0.1, 0.15) is 13.1 Å². The van der Waals surface area contributed by atoms with Crippen LogP contribution in [0.15, 0.2) is 45.9 Å². The van der Waals surface area contributed by atoms with E-state index in [-0.39, 0.29) is 0 Å². The van der Waals surface area contributed by atoms with E-state index in [9.17, 15) is 0 Å². The van der Waals surface area contributed by atoms with Crippen LogP contribution in [0.5, 0.6) is 0 Å². The summed E-state index contributed by atoms with van der Waals surface area (Å²) in [6, 6.07) is 4.36. The van der Waals surface area contributed by atoms with E-state index >= 15 is 0 Å². The largest absolute Gasteiger partial charge is 0.204 e. The summed E-state index contributed by atoms with van der Waals surface area (Å²) in [6.45, 7) is 6.52. The Kier molecular flexibility index (Phi) is 9.84. The Bertz CT molecular complexity index is 626. The third-order valence-corrected chi connectivity index (χ3v) is 6.59. The van der Waals surface area contributed by atoms with E-state index in [0.29, 0.717) is 0 Å². The van der Waals surface area contributed by atoms with Gasteiger partial charge in [0, 0.05) is 25.0 Å². The first-order valence-electron chi connectivity index (χ1n) is 9.86. The lowest BCUT2D eigenvalue weighted by molar-refractivity contribution is -0.698. The molecule has 142 valence electrons. The van der Waals surface area contributed by atoms with Gasteiger partial charge in [0.25, 0.3) is 0 Å². The monoisotopic (exact) mass is 482 g/mol. The van der Waals surface area contributed by atoms with Gasteiger partial charge in [-0.25, -0.2) is 9.13 Å². The highest BCUT2D eigenvalue weighted by Crippen LogP contribution is 2.13. The topological polar surface area (TPSA) is 7.76 Å². The van der Waals surface area contributed by atoms with Gasteiger partial charge in [0.2, 0.25) is 0 Å². The minimum Gasteiger partial charge on any atom is -0.204 e. The Morgan fingerprint density at radius 2 is 0.962 bits per heavy atom. The molecule has 0 saturated carbocycles. The van der Waals surface area contributed by atoms with Gasteiger partial charge >= 0.3 is 0 Å². The molecule has 0 spiro atoms. The molecule has 0 radical (unpaired) electrons. The maximum Gasteiger partial charge on any atom is 0.183 e. The van der Waals surface area contributed by atoms with Crippen molar-refractivity contribution in [3.8, 4) is 0 Å². The second-order valence-electron chi connectivity index (χ2n) is 7.26. The minimum absolute atomic E-state index is 1.13. The number of hydrogen-bond donors (Lipinski definition) is 0. The summed E-state index contributed by atoms with van der Waals surface area (Å²) in [4.78, 5) is 0. The third kappa shape index (κ3) is 7.87. The molecule has 0 bridgehead atoms. The molecule has 2 nitrogen and oxygen atoms in total. The van der Waals surface area contributed by atoms with E-state index in [1.165, 1.54) is 71.4 Å². The molecular formula is C22H32Br2N2+2. The van der Waals surface area contributed by atoms with E-state index in [1.54, 1.807) is 0 Å². The van der Waals surface area contributed by atoms with Crippen LogP contribution in [0.3, 0.4) is 0 Å². The van der Waals surface area contributed by atoms with Crippen LogP contribution in [0.2, 0.25) is 0 Å². The molecule has 2 heterocycles. The van der Waals surface area contributed by atoms with Crippen molar-refractivity contribution in [3.05, 3.63) is 57.0 Å². The Morgan fingerprint density at radius 3 is 1.31 bits per heavy atom. The van der Waals surface area contributed by atoms with Crippen LogP contribution >= 0.6 is 31.9 Å². The second kappa shape index (κ2) is 11.9. The number of nitrogens with zero attached hydrogens (tertiary/aromatic N) is 2. The van der Waals surface area contributed by atoms with Gasteiger partial charge < -0.3 is 0 Å². The fraction of sp³-hybridized carbons (Fsp3) is 0.545. The lowest BCUT2D eigenvalue weighted by Crippen LogP contribution is -2.32. The molecule has 2 aromatic rings. The Hall–Kier alpha value is -0.740. The van der Waals surface area contributed by atoms with Crippen LogP contribution < -0.4 is 9.13 Å². The van der Waals surface area contributed by atoms with E-state index in [4.69, 9.17) is 0 Å². The van der Waals surface area contributed by atoms with Crippen molar-refractivity contribution < 1.29 is 9.13 Å². The second-order valence-corrected chi connectivity index (χ2v) is 8.96. The molecule has 0 amide bonds. The van der Waals surface area contributed by atoms with Crippen molar-refractivity contribution in [3.63, 3.8) is 0 Å². The van der Waals surface area contributed by atoms with Crippen molar-refractivity contribution in [2.75, 3.05) is 0 Å². The highest BCUT2D eigenvalue weighted by Gasteiger charge is 2.05. The molecule has 2 rings (SSSR count). The molecule has 26 heavy (non-hydrogen) atoms. The zero-order chi connectivity index (χ0) is 18.8. The highest BCUT2D eigenvalue weighted by molar-refractivity contribution is 9.10. The van der Waals surface area contributed by atoms with E-state index in [0.717, 1.165) is 13.1 Å². The summed E-state index contributed by atoms with van der Waals surface area (Å²) in [6.07, 6.45) is 19.5. The maximum atomic E-state index is 3.61. The molecule has 2 aromatic heterocycles. The molecule has 0 atom stereocenters. The number of hydrogen-bond acceptors (Lipinski definition) is 0. The molecule has 0 aliphatic carbocycles. The molecule has 0 aromatic carbocycles. The zero-order valence-electron chi connectivity index (χ0n) is 16.2. The van der Waals surface area contributed by atoms with Gasteiger partial charge in [-0.05, 0) is 69.7 Å². The lowest BCUT2D eigenvalue weighted by Gasteiger charge is -2.02. The fourth-order valence-corrected chi connectivity index (χ4v) is 3.87. The first-order chi connectivity index (χ1) is 12.6. The summed E-state index contributed by atoms with van der Waals surface area (Å²) in [5, 5.41) is 0. The predicted molar refractivity (Wildman–Crippen MR) is 115 cm³/mol. The van der Waals surface area contributed by atoms with Crippen molar-refractivity contribution in [1.29, 1.82) is 0 Å². The molecule has 0 fully saturated rings. The van der Waals surface area contributed by atoms with Crippen LogP contribution in [0.1, 0.15) is 62.5 Å². The number of aromatic nitrogens is 2. The summed E-state index contributed by atoms with van der Waals surface area (Å²) in [5.41, 5.74) is 2.60. The number of rotatable bonds is 11. The summed E-state index contributed by atoms with van der Waals surface area (Å²) in [7, 11) is 0. The van der Waals surface area contributed by atoms with Crippen LogP contribution in [-0.4, -0.2) is 0 Å². The first-order valence-corrected chi connectivity index (χ1v) is 11.5. The van der Waals surface area contributed by atoms with Gasteiger partial charge in [0.05, 0.1) is 8.95 Å². The Morgan fingerprint density at radius 1 is 0.615 bits per heavy atom. The third-order valence-electron chi connectivity index (χ3n) is 4.93. The van der Waals surface area contributed by atoms with E-state index in [1.807, 2.05) is 0 Å². The SMILES string of the molecule is Cc1cc[n+](CCCCCCCCCC[n+]2ccc(C)c(Br)c2)cc1Br. The van der Waals surface area contributed by atoms with E-state index < -0.39 is 0 Å². The van der Waals surface area contributed by atoms with Gasteiger partial charge in [-0.15, -0.1) is 0 Å². The van der Waals surface area contributed by atoms with Crippen LogP contribution in [-0.2, 0) is 13.1 Å². The highest BCUT2D eigenvalue weighted by atomic mass is 79.9. The maximum absolute atomic E-state index is 3.61. The summed E-state index contributed by atoms with van der Waals surface area (Å²) >= 11 is 7.21. The summed E-state index contributed by atoms with van der Waals surface area (Å²) < 4.78 is 6.99. The van der Waals surface area contributed by atoms with Crippen LogP contribution in [0.4, 0.5) is 0 Å². The average molecular weight is 484 g/mol. The minimum atomic E-state index is 1.13. The quantitative estimate of drug-likeness (QED) is 0.264. The molecule has 0 saturated heterocycles. The van der Waals surface area contributed by atoms with Crippen molar-refractivity contribution >= 4 is 31.9 Å². The zero-order valence-corrected chi connectivity index (χ0v) is 19.4. The number of unbranched alkanes of at least 4 members (excludes halogenated alkanes) is 7. The predicted octanol–water partition coefficient (Wildman–Crippen LogP) is 6.22. The summed E-state index contributed by atoms with van der Waals surface area (Å²) in [5.74, 6) is 0. The number of pyridine rings is 2. The molecule has 0 aliphatic heterocycles. The fourth-order valence-electron chi connectivity index (χ4n) is 3.08. The Balaban J connectivity index is 1.45. The Labute approximate surface area is 175 Å². The molecule has 4 heteroatoms. The van der Waals surface area contributed by atoms with Crippen molar-refractivity contribution in [1.82, 2.24) is 0 Å². The molecule has 0 aliphatic rings. The lowest BCUT2D eigenvalue weighted by atomic mass is 10.1. The average Bonchev–Trinajstić information content (AvgIpc) is 2.62. The molecular weight excluding hydrogens is 452 g/mol. The smallest absolute Gasteiger partial charge is 0.183 e. The van der Waals surface area contributed by atoms with Gasteiger partial charge in [-0.2, -0.15) is 0 Å². The molecule has 0 unspecified atom stereocenters. The van der Waals surface area contributed by atoms with Gasteiger partial charge in [-0.3, -0.25) is 0 Å². The van der Waals surface area contributed by atoms with Crippen LogP contribution in [0, 0.1) is 13.8 Å². The van der Waals surface area contributed by atoms with Crippen LogP contribution in [0.25, 0.3) is 0 Å². The molecule has 0 N–H and O–H groups in total.